The quantitative estimate of drug-likeness (QED) is 0.456. The molecule has 0 unspecified atom stereocenters. The van der Waals surface area contributed by atoms with E-state index in [0.717, 1.165) is 33.7 Å². The van der Waals surface area contributed by atoms with Gasteiger partial charge in [-0.2, -0.15) is 0 Å². The lowest BCUT2D eigenvalue weighted by atomic mass is 10.2. The van der Waals surface area contributed by atoms with Gasteiger partial charge in [0, 0.05) is 46.3 Å². The predicted octanol–water partition coefficient (Wildman–Crippen LogP) is 5.35. The van der Waals surface area contributed by atoms with E-state index in [-0.39, 0.29) is 5.91 Å². The van der Waals surface area contributed by atoms with E-state index in [1.54, 1.807) is 29.3 Å². The fraction of sp³-hybridized carbons (Fsp3) is 0.182. The smallest absolute Gasteiger partial charge is 0.257 e. The van der Waals surface area contributed by atoms with Crippen LogP contribution in [0.3, 0.4) is 0 Å². The first-order chi connectivity index (χ1) is 14.0. The molecule has 3 aromatic heterocycles. The number of aromatic nitrogens is 3. The van der Waals surface area contributed by atoms with Crippen molar-refractivity contribution in [3.63, 3.8) is 0 Å². The van der Waals surface area contributed by atoms with E-state index in [1.165, 1.54) is 4.88 Å². The number of aryl methyl sites for hydroxylation is 2. The highest BCUT2D eigenvalue weighted by Crippen LogP contribution is 2.27. The molecule has 0 aliphatic carbocycles. The number of hydrogen-bond donors (Lipinski definition) is 1. The molecule has 0 bridgehead atoms. The van der Waals surface area contributed by atoms with E-state index >= 15 is 0 Å². The zero-order valence-corrected chi connectivity index (χ0v) is 18.2. The summed E-state index contributed by atoms with van der Waals surface area (Å²) in [6.07, 6.45) is 3.71. The number of imidazole rings is 1. The lowest BCUT2D eigenvalue weighted by Crippen LogP contribution is -2.13. The van der Waals surface area contributed by atoms with E-state index in [0.29, 0.717) is 5.56 Å². The number of carbonyl (C=O) groups is 1. The molecule has 0 fully saturated rings. The van der Waals surface area contributed by atoms with Crippen LogP contribution in [0, 0.1) is 13.8 Å². The van der Waals surface area contributed by atoms with Gasteiger partial charge < -0.3 is 14.5 Å². The number of thiophene rings is 1. The van der Waals surface area contributed by atoms with Crippen LogP contribution in [0.1, 0.15) is 26.6 Å². The lowest BCUT2D eigenvalue weighted by Gasteiger charge is -2.09. The minimum Gasteiger partial charge on any atom is -0.343 e. The van der Waals surface area contributed by atoms with Crippen LogP contribution in [0.15, 0.2) is 70.3 Å². The molecule has 0 aliphatic rings. The fourth-order valence-electron chi connectivity index (χ4n) is 3.19. The Balaban J connectivity index is 1.46. The number of amides is 1. The Hall–Kier alpha value is -2.77. The molecule has 5 nitrogen and oxygen atoms in total. The maximum atomic E-state index is 12.8. The maximum absolute atomic E-state index is 12.8. The molecule has 0 saturated carbocycles. The van der Waals surface area contributed by atoms with Crippen molar-refractivity contribution in [1.82, 2.24) is 14.1 Å². The van der Waals surface area contributed by atoms with Gasteiger partial charge in [-0.25, -0.2) is 4.98 Å². The summed E-state index contributed by atoms with van der Waals surface area (Å²) in [5, 5.41) is 6.02. The first kappa shape index (κ1) is 19.5. The summed E-state index contributed by atoms with van der Waals surface area (Å²) < 4.78 is 4.17. The van der Waals surface area contributed by atoms with Crippen molar-refractivity contribution in [2.75, 3.05) is 5.32 Å². The molecule has 0 aliphatic heterocycles. The Labute approximate surface area is 178 Å². The van der Waals surface area contributed by atoms with Crippen molar-refractivity contribution in [3.8, 4) is 0 Å². The zero-order valence-electron chi connectivity index (χ0n) is 16.5. The number of nitrogens with one attached hydrogen (secondary N) is 1. The van der Waals surface area contributed by atoms with Crippen LogP contribution in [-0.2, 0) is 13.6 Å². The molecule has 4 rings (SSSR count). The van der Waals surface area contributed by atoms with E-state index in [4.69, 9.17) is 0 Å². The molecule has 7 heteroatoms. The van der Waals surface area contributed by atoms with Crippen molar-refractivity contribution < 1.29 is 4.79 Å². The number of benzene rings is 1. The summed E-state index contributed by atoms with van der Waals surface area (Å²) >= 11 is 3.32. The van der Waals surface area contributed by atoms with Gasteiger partial charge in [0.2, 0.25) is 0 Å². The molecule has 4 aromatic rings. The number of anilines is 1. The molecule has 148 valence electrons. The summed E-state index contributed by atoms with van der Waals surface area (Å²) in [7, 11) is 1.97. The van der Waals surface area contributed by atoms with Crippen LogP contribution >= 0.6 is 23.1 Å². The van der Waals surface area contributed by atoms with Crippen LogP contribution in [-0.4, -0.2) is 20.0 Å². The summed E-state index contributed by atoms with van der Waals surface area (Å²) in [6, 6.07) is 14.0. The maximum Gasteiger partial charge on any atom is 0.257 e. The van der Waals surface area contributed by atoms with Crippen molar-refractivity contribution in [2.45, 2.75) is 30.4 Å². The molecule has 1 aromatic carbocycles. The lowest BCUT2D eigenvalue weighted by molar-refractivity contribution is 0.102. The van der Waals surface area contributed by atoms with Gasteiger partial charge in [-0.3, -0.25) is 4.79 Å². The van der Waals surface area contributed by atoms with Crippen LogP contribution in [0.2, 0.25) is 0 Å². The highest BCUT2D eigenvalue weighted by atomic mass is 32.2. The zero-order chi connectivity index (χ0) is 20.4. The average molecular weight is 423 g/mol. The summed E-state index contributed by atoms with van der Waals surface area (Å²) in [4.78, 5) is 19.5. The first-order valence-electron chi connectivity index (χ1n) is 9.27. The SMILES string of the molecule is Cc1cc(C(=O)Nc2ccc(Sc3nccn3C)cc2)c(C)n1Cc1cccs1. The summed E-state index contributed by atoms with van der Waals surface area (Å²) in [5.41, 5.74) is 3.56. The standard InChI is InChI=1S/C22H22N4OS2/c1-15-13-20(16(2)26(15)14-19-5-4-12-28-19)21(27)24-17-6-8-18(9-7-17)29-22-23-10-11-25(22)3/h4-13H,14H2,1-3H3,(H,24,27). The van der Waals surface area contributed by atoms with E-state index in [2.05, 4.69) is 32.4 Å². The molecular weight excluding hydrogens is 400 g/mol. The van der Waals surface area contributed by atoms with Crippen molar-refractivity contribution in [2.24, 2.45) is 7.05 Å². The number of rotatable bonds is 6. The van der Waals surface area contributed by atoms with Gasteiger partial charge in [0.15, 0.2) is 5.16 Å². The Morgan fingerprint density at radius 1 is 1.21 bits per heavy atom. The normalized spacial score (nSPS) is 11.0. The number of hydrogen-bond acceptors (Lipinski definition) is 4. The fourth-order valence-corrected chi connectivity index (χ4v) is 4.69. The molecule has 0 saturated heterocycles. The van der Waals surface area contributed by atoms with E-state index in [9.17, 15) is 4.79 Å². The van der Waals surface area contributed by atoms with Crippen LogP contribution in [0.25, 0.3) is 0 Å². The first-order valence-corrected chi connectivity index (χ1v) is 11.0. The largest absolute Gasteiger partial charge is 0.343 e. The predicted molar refractivity (Wildman–Crippen MR) is 119 cm³/mol. The van der Waals surface area contributed by atoms with Gasteiger partial charge in [0.1, 0.15) is 0 Å². The van der Waals surface area contributed by atoms with Gasteiger partial charge >= 0.3 is 0 Å². The Bertz CT molecular complexity index is 1120. The highest BCUT2D eigenvalue weighted by molar-refractivity contribution is 7.99. The summed E-state index contributed by atoms with van der Waals surface area (Å²) in [5.74, 6) is -0.0833. The van der Waals surface area contributed by atoms with Crippen molar-refractivity contribution in [3.05, 3.63) is 82.1 Å². The van der Waals surface area contributed by atoms with Gasteiger partial charge in [-0.1, -0.05) is 17.8 Å². The third-order valence-electron chi connectivity index (χ3n) is 4.81. The third kappa shape index (κ3) is 4.31. The van der Waals surface area contributed by atoms with Crippen LogP contribution in [0.5, 0.6) is 0 Å². The van der Waals surface area contributed by atoms with E-state index in [1.807, 2.05) is 62.0 Å². The molecule has 0 atom stereocenters. The Morgan fingerprint density at radius 2 is 2.00 bits per heavy atom. The molecular formula is C22H22N4OS2. The molecule has 1 amide bonds. The minimum atomic E-state index is -0.0833. The third-order valence-corrected chi connectivity index (χ3v) is 6.76. The van der Waals surface area contributed by atoms with Gasteiger partial charge in [0.25, 0.3) is 5.91 Å². The summed E-state index contributed by atoms with van der Waals surface area (Å²) in [6.45, 7) is 4.84. The Kier molecular flexibility index (Phi) is 5.60. The van der Waals surface area contributed by atoms with Crippen LogP contribution in [0.4, 0.5) is 5.69 Å². The van der Waals surface area contributed by atoms with Crippen molar-refractivity contribution in [1.29, 1.82) is 0 Å². The topological polar surface area (TPSA) is 51.9 Å². The van der Waals surface area contributed by atoms with E-state index < -0.39 is 0 Å². The number of nitrogens with zero attached hydrogens (tertiary/aromatic N) is 3. The second kappa shape index (κ2) is 8.31. The van der Waals surface area contributed by atoms with Gasteiger partial charge in [-0.05, 0) is 55.6 Å². The highest BCUT2D eigenvalue weighted by Gasteiger charge is 2.16. The molecule has 1 N–H and O–H groups in total. The second-order valence-corrected chi connectivity index (χ2v) is 8.92. The molecule has 0 spiro atoms. The van der Waals surface area contributed by atoms with Crippen LogP contribution < -0.4 is 5.32 Å². The molecule has 0 radical (unpaired) electrons. The second-order valence-electron chi connectivity index (χ2n) is 6.85. The molecule has 29 heavy (non-hydrogen) atoms. The van der Waals surface area contributed by atoms with Gasteiger partial charge in [0.05, 0.1) is 12.1 Å². The molecule has 3 heterocycles. The average Bonchev–Trinajstić information content (AvgIpc) is 3.42. The number of carbonyl (C=O) groups excluding carboxylic acids is 1. The monoisotopic (exact) mass is 422 g/mol. The minimum absolute atomic E-state index is 0.0833. The van der Waals surface area contributed by atoms with Crippen molar-refractivity contribution >= 4 is 34.7 Å². The van der Waals surface area contributed by atoms with Gasteiger partial charge in [-0.15, -0.1) is 11.3 Å². The Morgan fingerprint density at radius 3 is 2.66 bits per heavy atom.